The summed E-state index contributed by atoms with van der Waals surface area (Å²) in [4.78, 5) is 28.9. The minimum absolute atomic E-state index is 0.169. The van der Waals surface area contributed by atoms with Crippen LogP contribution in [-0.2, 0) is 4.79 Å². The number of Topliss-reactive ketones (excluding diaryl/α,β-unsaturated/α-hetero) is 1. The van der Waals surface area contributed by atoms with E-state index in [1.165, 1.54) is 6.26 Å². The highest BCUT2D eigenvalue weighted by atomic mass is 16.5. The normalized spacial score (nSPS) is 19.4. The van der Waals surface area contributed by atoms with Gasteiger partial charge in [0.1, 0.15) is 17.3 Å². The summed E-state index contributed by atoms with van der Waals surface area (Å²) in [5.41, 5.74) is 2.06. The Morgan fingerprint density at radius 1 is 1.04 bits per heavy atom. The summed E-state index contributed by atoms with van der Waals surface area (Å²) in [7, 11) is 0. The Hall–Kier alpha value is -3.67. The first kappa shape index (κ1) is 15.6. The maximum atomic E-state index is 12.8. The number of fused-ring (bicyclic) bond motifs is 3. The molecule has 2 aliphatic rings. The Balaban J connectivity index is 1.65. The van der Waals surface area contributed by atoms with Crippen LogP contribution >= 0.6 is 0 Å². The van der Waals surface area contributed by atoms with E-state index in [-0.39, 0.29) is 29.9 Å². The lowest BCUT2D eigenvalue weighted by molar-refractivity contribution is -0.135. The number of hydrogen-bond acceptors (Lipinski definition) is 6. The van der Waals surface area contributed by atoms with E-state index in [4.69, 9.17) is 13.9 Å². The number of esters is 1. The van der Waals surface area contributed by atoms with E-state index in [0.29, 0.717) is 28.4 Å². The third-order valence-corrected chi connectivity index (χ3v) is 4.70. The smallest absolute Gasteiger partial charge is 0.312 e. The highest BCUT2D eigenvalue weighted by Gasteiger charge is 2.38. The molecule has 4 heterocycles. The van der Waals surface area contributed by atoms with Crippen molar-refractivity contribution >= 4 is 17.8 Å². The number of carbonyl (C=O) groups is 2. The van der Waals surface area contributed by atoms with Crippen molar-refractivity contribution in [2.45, 2.75) is 12.3 Å². The molecule has 0 unspecified atom stereocenters. The maximum absolute atomic E-state index is 12.8. The molecule has 0 N–H and O–H groups in total. The minimum Gasteiger partial charge on any atom is -0.465 e. The summed E-state index contributed by atoms with van der Waals surface area (Å²) in [6.07, 6.45) is 6.60. The number of nitrogens with zero attached hydrogens (tertiary/aromatic N) is 1. The summed E-state index contributed by atoms with van der Waals surface area (Å²) in [5.74, 6) is 0.740. The van der Waals surface area contributed by atoms with Crippen LogP contribution in [0.15, 0.2) is 65.2 Å². The molecule has 0 fully saturated rings. The molecule has 2 aromatic heterocycles. The highest BCUT2D eigenvalue weighted by Crippen LogP contribution is 2.48. The van der Waals surface area contributed by atoms with E-state index < -0.39 is 0 Å². The molecule has 6 heteroatoms. The molecule has 3 aromatic rings. The van der Waals surface area contributed by atoms with Gasteiger partial charge in [-0.1, -0.05) is 0 Å². The van der Waals surface area contributed by atoms with Gasteiger partial charge < -0.3 is 13.9 Å². The quantitative estimate of drug-likeness (QED) is 0.394. The Bertz CT molecular complexity index is 1080. The van der Waals surface area contributed by atoms with Crippen LogP contribution in [0.3, 0.4) is 0 Å². The van der Waals surface area contributed by atoms with Crippen molar-refractivity contribution in [1.29, 1.82) is 0 Å². The number of aromatic nitrogens is 1. The number of hydrogen-bond donors (Lipinski definition) is 0. The summed E-state index contributed by atoms with van der Waals surface area (Å²) in [5, 5.41) is 0. The Morgan fingerprint density at radius 2 is 1.89 bits per heavy atom. The summed E-state index contributed by atoms with van der Waals surface area (Å²) < 4.78 is 16.6. The van der Waals surface area contributed by atoms with Gasteiger partial charge in [-0.25, -0.2) is 0 Å². The van der Waals surface area contributed by atoms with Gasteiger partial charge in [0.15, 0.2) is 5.76 Å². The van der Waals surface area contributed by atoms with Crippen LogP contribution < -0.4 is 9.47 Å². The molecule has 0 saturated carbocycles. The van der Waals surface area contributed by atoms with E-state index >= 15 is 0 Å². The molecule has 1 aromatic carbocycles. The first-order valence-electron chi connectivity index (χ1n) is 8.46. The topological polar surface area (TPSA) is 78.6 Å². The third-order valence-electron chi connectivity index (χ3n) is 4.70. The van der Waals surface area contributed by atoms with Crippen molar-refractivity contribution in [3.63, 3.8) is 0 Å². The van der Waals surface area contributed by atoms with Gasteiger partial charge in [-0.05, 0) is 42.0 Å². The first-order chi connectivity index (χ1) is 13.2. The zero-order chi connectivity index (χ0) is 18.4. The molecule has 6 nitrogen and oxygen atoms in total. The van der Waals surface area contributed by atoms with E-state index in [0.717, 1.165) is 5.56 Å². The van der Waals surface area contributed by atoms with Crippen molar-refractivity contribution < 1.29 is 23.5 Å². The second-order valence-electron chi connectivity index (χ2n) is 6.32. The Morgan fingerprint density at radius 3 is 2.67 bits per heavy atom. The van der Waals surface area contributed by atoms with Crippen LogP contribution in [0.25, 0.3) is 6.08 Å². The summed E-state index contributed by atoms with van der Waals surface area (Å²) in [6, 6.07) is 10.5. The molecule has 0 spiro atoms. The lowest BCUT2D eigenvalue weighted by Gasteiger charge is -2.26. The molecule has 0 amide bonds. The van der Waals surface area contributed by atoms with Gasteiger partial charge in [-0.15, -0.1) is 0 Å². The van der Waals surface area contributed by atoms with Crippen molar-refractivity contribution in [3.8, 4) is 11.5 Å². The van der Waals surface area contributed by atoms with Crippen molar-refractivity contribution in [3.05, 3.63) is 83.3 Å². The van der Waals surface area contributed by atoms with Crippen LogP contribution in [-0.4, -0.2) is 16.7 Å². The second-order valence-corrected chi connectivity index (χ2v) is 6.32. The second kappa shape index (κ2) is 5.95. The molecule has 0 aliphatic carbocycles. The largest absolute Gasteiger partial charge is 0.465 e. The van der Waals surface area contributed by atoms with Crippen LogP contribution in [0.2, 0.25) is 0 Å². The number of furan rings is 1. The fourth-order valence-electron chi connectivity index (χ4n) is 3.49. The third kappa shape index (κ3) is 2.54. The first-order valence-corrected chi connectivity index (χ1v) is 8.46. The number of ketones is 1. The monoisotopic (exact) mass is 359 g/mol. The molecular formula is C21H13NO5. The van der Waals surface area contributed by atoms with Crippen LogP contribution in [0.4, 0.5) is 0 Å². The molecule has 132 valence electrons. The van der Waals surface area contributed by atoms with E-state index in [9.17, 15) is 9.59 Å². The van der Waals surface area contributed by atoms with Crippen molar-refractivity contribution in [1.82, 2.24) is 4.98 Å². The van der Waals surface area contributed by atoms with Crippen LogP contribution in [0, 0.1) is 0 Å². The number of carbonyl (C=O) groups excluding carboxylic acids is 2. The predicted octanol–water partition coefficient (Wildman–Crippen LogP) is 3.73. The molecule has 5 rings (SSSR count). The Labute approximate surface area is 154 Å². The van der Waals surface area contributed by atoms with Crippen LogP contribution in [0.1, 0.15) is 39.6 Å². The van der Waals surface area contributed by atoms with Gasteiger partial charge in [-0.2, -0.15) is 0 Å². The molecule has 2 aliphatic heterocycles. The highest BCUT2D eigenvalue weighted by molar-refractivity contribution is 6.15. The van der Waals surface area contributed by atoms with Gasteiger partial charge in [0, 0.05) is 30.0 Å². The zero-order valence-corrected chi connectivity index (χ0v) is 14.0. The standard InChI is InChI=1S/C21H13NO5/c23-18-11-15(12-5-7-22-8-6-12)19-16(26-18)4-3-14-20(24)17(27-21(14)19)10-13-2-1-9-25-13/h1-10,15H,11H2/b17-10-/t15-/m0/s1. The molecule has 0 radical (unpaired) electrons. The molecule has 27 heavy (non-hydrogen) atoms. The van der Waals surface area contributed by atoms with Gasteiger partial charge in [0.05, 0.1) is 18.2 Å². The van der Waals surface area contributed by atoms with Gasteiger partial charge in [0.2, 0.25) is 5.78 Å². The van der Waals surface area contributed by atoms with Gasteiger partial charge in [0.25, 0.3) is 0 Å². The molecule has 0 saturated heterocycles. The van der Waals surface area contributed by atoms with E-state index in [1.54, 1.807) is 42.7 Å². The Kier molecular flexibility index (Phi) is 3.43. The van der Waals surface area contributed by atoms with E-state index in [2.05, 4.69) is 4.98 Å². The maximum Gasteiger partial charge on any atom is 0.312 e. The number of rotatable bonds is 2. The number of allylic oxidation sites excluding steroid dienone is 1. The number of pyridine rings is 1. The van der Waals surface area contributed by atoms with E-state index in [1.807, 2.05) is 12.1 Å². The fraction of sp³-hybridized carbons (Fsp3) is 0.0952. The van der Waals surface area contributed by atoms with Gasteiger partial charge >= 0.3 is 5.97 Å². The lowest BCUT2D eigenvalue weighted by Crippen LogP contribution is -2.21. The van der Waals surface area contributed by atoms with Crippen molar-refractivity contribution in [2.24, 2.45) is 0 Å². The fourth-order valence-corrected chi connectivity index (χ4v) is 3.49. The minimum atomic E-state index is -0.320. The number of benzene rings is 1. The molecule has 1 atom stereocenters. The number of ether oxygens (including phenoxy) is 2. The predicted molar refractivity (Wildman–Crippen MR) is 94.4 cm³/mol. The summed E-state index contributed by atoms with van der Waals surface area (Å²) >= 11 is 0. The average molecular weight is 359 g/mol. The summed E-state index contributed by atoms with van der Waals surface area (Å²) in [6.45, 7) is 0. The molecular weight excluding hydrogens is 346 g/mol. The average Bonchev–Trinajstić information content (AvgIpc) is 3.30. The molecule has 0 bridgehead atoms. The van der Waals surface area contributed by atoms with Crippen LogP contribution in [0.5, 0.6) is 11.5 Å². The van der Waals surface area contributed by atoms with Gasteiger partial charge in [-0.3, -0.25) is 14.6 Å². The SMILES string of the molecule is O=C1C[C@@H](c2ccncc2)c2c(ccc3c2O/C(=C\c2ccco2)C3=O)O1. The van der Waals surface area contributed by atoms with Crippen molar-refractivity contribution in [2.75, 3.05) is 0 Å². The zero-order valence-electron chi connectivity index (χ0n) is 14.0. The lowest BCUT2D eigenvalue weighted by atomic mass is 9.85.